The maximum atomic E-state index is 11.0. The quantitative estimate of drug-likeness (QED) is 0.188. The summed E-state index contributed by atoms with van der Waals surface area (Å²) in [6.45, 7) is 2.25. The highest BCUT2D eigenvalue weighted by Gasteiger charge is 2.36. The first-order valence-electron chi connectivity index (χ1n) is 11.9. The van der Waals surface area contributed by atoms with Crippen LogP contribution in [-0.2, 0) is 9.59 Å². The Hall–Kier alpha value is -1.01. The Labute approximate surface area is 186 Å². The van der Waals surface area contributed by atoms with Gasteiger partial charge in [0.05, 0.1) is 23.5 Å². The molecule has 1 saturated carbocycles. The summed E-state index contributed by atoms with van der Waals surface area (Å²) in [6, 6.07) is 0. The molecule has 0 saturated heterocycles. The molecule has 0 radical (unpaired) electrons. The van der Waals surface area contributed by atoms with E-state index in [0.717, 1.165) is 24.8 Å². The maximum Gasteiger partial charge on any atom is 0.313 e. The first-order chi connectivity index (χ1) is 14.5. The van der Waals surface area contributed by atoms with Gasteiger partial charge in [-0.3, -0.25) is 9.59 Å². The lowest BCUT2D eigenvalue weighted by atomic mass is 9.80. The fourth-order valence-corrected chi connectivity index (χ4v) is 5.43. The highest BCUT2D eigenvalue weighted by atomic mass is 32.2. The fourth-order valence-electron chi connectivity index (χ4n) is 4.26. The Morgan fingerprint density at radius 2 is 1.50 bits per heavy atom. The summed E-state index contributed by atoms with van der Waals surface area (Å²) in [5, 5.41) is 28.4. The van der Waals surface area contributed by atoms with Crippen LogP contribution in [-0.4, -0.2) is 44.4 Å². The predicted octanol–water partition coefficient (Wildman–Crippen LogP) is 6.05. The van der Waals surface area contributed by atoms with Gasteiger partial charge in [-0.25, -0.2) is 0 Å². The van der Waals surface area contributed by atoms with Crippen molar-refractivity contribution in [3.8, 4) is 0 Å². The molecule has 1 aliphatic carbocycles. The van der Waals surface area contributed by atoms with Crippen molar-refractivity contribution in [3.05, 3.63) is 11.6 Å². The van der Waals surface area contributed by atoms with E-state index in [2.05, 4.69) is 13.0 Å². The van der Waals surface area contributed by atoms with E-state index in [1.165, 1.54) is 76.0 Å². The number of rotatable bonds is 17. The summed E-state index contributed by atoms with van der Waals surface area (Å²) < 4.78 is 0. The molecule has 1 fully saturated rings. The minimum absolute atomic E-state index is 0.0584. The Morgan fingerprint density at radius 3 is 2.03 bits per heavy atom. The van der Waals surface area contributed by atoms with Crippen LogP contribution >= 0.6 is 11.8 Å². The Morgan fingerprint density at radius 1 is 0.933 bits per heavy atom. The van der Waals surface area contributed by atoms with E-state index >= 15 is 0 Å². The van der Waals surface area contributed by atoms with Gasteiger partial charge in [-0.2, -0.15) is 0 Å². The van der Waals surface area contributed by atoms with Crippen LogP contribution in [0.2, 0.25) is 0 Å². The molecular weight excluding hydrogens is 400 g/mol. The van der Waals surface area contributed by atoms with Gasteiger partial charge in [0.15, 0.2) is 0 Å². The van der Waals surface area contributed by atoms with E-state index in [1.54, 1.807) is 0 Å². The van der Waals surface area contributed by atoms with Crippen molar-refractivity contribution in [1.29, 1.82) is 0 Å². The van der Waals surface area contributed by atoms with Gasteiger partial charge in [0.1, 0.15) is 0 Å². The number of hydrogen-bond donors (Lipinski definition) is 3. The van der Waals surface area contributed by atoms with Crippen LogP contribution in [0.3, 0.4) is 0 Å². The summed E-state index contributed by atoms with van der Waals surface area (Å²) in [4.78, 5) is 22.0. The summed E-state index contributed by atoms with van der Waals surface area (Å²) >= 11 is 1.23. The van der Waals surface area contributed by atoms with Crippen molar-refractivity contribution < 1.29 is 24.9 Å². The zero-order valence-electron chi connectivity index (χ0n) is 18.7. The molecule has 0 aromatic carbocycles. The molecule has 3 atom stereocenters. The van der Waals surface area contributed by atoms with Crippen molar-refractivity contribution in [3.63, 3.8) is 0 Å². The lowest BCUT2D eigenvalue weighted by Gasteiger charge is -2.36. The predicted molar refractivity (Wildman–Crippen MR) is 124 cm³/mol. The second-order valence-corrected chi connectivity index (χ2v) is 9.75. The van der Waals surface area contributed by atoms with Crippen LogP contribution in [0.5, 0.6) is 0 Å². The van der Waals surface area contributed by atoms with Gasteiger partial charge in [-0.15, -0.1) is 11.8 Å². The first-order valence-corrected chi connectivity index (χ1v) is 12.9. The third-order valence-electron chi connectivity index (χ3n) is 6.00. The summed E-state index contributed by atoms with van der Waals surface area (Å²) in [7, 11) is 0. The van der Waals surface area contributed by atoms with Crippen molar-refractivity contribution in [2.75, 3.05) is 5.75 Å². The topological polar surface area (TPSA) is 94.8 Å². The third-order valence-corrected chi connectivity index (χ3v) is 7.35. The summed E-state index contributed by atoms with van der Waals surface area (Å²) in [6.07, 6.45) is 18.0. The number of thioether (sulfide) groups is 1. The van der Waals surface area contributed by atoms with Gasteiger partial charge in [0.25, 0.3) is 0 Å². The number of unbranched alkanes of at least 4 members (excludes halogenated alkanes) is 11. The van der Waals surface area contributed by atoms with Gasteiger partial charge >= 0.3 is 11.9 Å². The van der Waals surface area contributed by atoms with Gasteiger partial charge < -0.3 is 15.3 Å². The SMILES string of the molecule is CCCCCCCCCCCCC/C=C1\CC[C@@H](CC(=O)O)[C@@H](O)[C@@H]1SCC(=O)O. The molecule has 0 spiro atoms. The number of allylic oxidation sites excluding steroid dienone is 1. The van der Waals surface area contributed by atoms with Crippen LogP contribution < -0.4 is 0 Å². The molecule has 0 bridgehead atoms. The molecule has 1 aliphatic rings. The van der Waals surface area contributed by atoms with Crippen molar-refractivity contribution in [2.24, 2.45) is 5.92 Å². The first kappa shape index (κ1) is 27.0. The fraction of sp³-hybridized carbons (Fsp3) is 0.833. The van der Waals surface area contributed by atoms with Crippen molar-refractivity contribution in [1.82, 2.24) is 0 Å². The molecule has 0 aromatic heterocycles. The van der Waals surface area contributed by atoms with Gasteiger partial charge in [0.2, 0.25) is 0 Å². The zero-order valence-corrected chi connectivity index (χ0v) is 19.5. The standard InChI is InChI=1S/C24H42O5S/c1-2-3-4-5-6-7-8-9-10-11-12-13-14-19-15-16-20(17-21(25)26)23(29)24(19)30-18-22(27)28/h14,20,23-24,29H,2-13,15-18H2,1H3,(H,25,26)(H,27,28)/b19-14+/t20-,23+,24+/m0/s1. The molecule has 3 N–H and O–H groups in total. The molecule has 6 heteroatoms. The van der Waals surface area contributed by atoms with Crippen molar-refractivity contribution >= 4 is 23.7 Å². The largest absolute Gasteiger partial charge is 0.481 e. The summed E-state index contributed by atoms with van der Waals surface area (Å²) in [5.41, 5.74) is 1.10. The zero-order chi connectivity index (χ0) is 22.2. The molecule has 0 aromatic rings. The normalized spacial score (nSPS) is 23.0. The minimum Gasteiger partial charge on any atom is -0.481 e. The Bertz CT molecular complexity index is 520. The second kappa shape index (κ2) is 16.7. The molecule has 1 rings (SSSR count). The van der Waals surface area contributed by atoms with E-state index < -0.39 is 18.0 Å². The maximum absolute atomic E-state index is 11.0. The Balaban J connectivity index is 2.30. The smallest absolute Gasteiger partial charge is 0.313 e. The van der Waals surface area contributed by atoms with E-state index in [1.807, 2.05) is 0 Å². The van der Waals surface area contributed by atoms with Gasteiger partial charge in [-0.1, -0.05) is 82.8 Å². The lowest BCUT2D eigenvalue weighted by Crippen LogP contribution is -2.38. The average Bonchev–Trinajstić information content (AvgIpc) is 2.69. The number of aliphatic carboxylic acids is 2. The van der Waals surface area contributed by atoms with Crippen LogP contribution in [0.15, 0.2) is 11.6 Å². The molecule has 0 aliphatic heterocycles. The highest BCUT2D eigenvalue weighted by Crippen LogP contribution is 2.38. The summed E-state index contributed by atoms with van der Waals surface area (Å²) in [5.74, 6) is -2.18. The molecule has 5 nitrogen and oxygen atoms in total. The van der Waals surface area contributed by atoms with Crippen LogP contribution in [0.1, 0.15) is 103 Å². The molecule has 0 amide bonds. The second-order valence-electron chi connectivity index (χ2n) is 8.62. The average molecular weight is 443 g/mol. The van der Waals surface area contributed by atoms with E-state index in [0.29, 0.717) is 6.42 Å². The molecule has 0 unspecified atom stereocenters. The number of aliphatic hydroxyl groups excluding tert-OH is 1. The minimum atomic E-state index is -0.908. The van der Waals surface area contributed by atoms with E-state index in [4.69, 9.17) is 10.2 Å². The number of hydrogen-bond acceptors (Lipinski definition) is 4. The molecule has 0 heterocycles. The van der Waals surface area contributed by atoms with Crippen molar-refractivity contribution in [2.45, 2.75) is 115 Å². The van der Waals surface area contributed by atoms with Gasteiger partial charge in [-0.05, 0) is 31.6 Å². The van der Waals surface area contributed by atoms with Gasteiger partial charge in [0, 0.05) is 0 Å². The highest BCUT2D eigenvalue weighted by molar-refractivity contribution is 8.00. The monoisotopic (exact) mass is 442 g/mol. The number of aliphatic hydroxyl groups is 1. The number of carboxylic acids is 2. The van der Waals surface area contributed by atoms with Crippen LogP contribution in [0.25, 0.3) is 0 Å². The van der Waals surface area contributed by atoms with E-state index in [-0.39, 0.29) is 23.3 Å². The van der Waals surface area contributed by atoms with Crippen LogP contribution in [0, 0.1) is 5.92 Å². The Kier molecular flexibility index (Phi) is 15.0. The molecular formula is C24H42O5S. The van der Waals surface area contributed by atoms with E-state index in [9.17, 15) is 14.7 Å². The lowest BCUT2D eigenvalue weighted by molar-refractivity contribution is -0.139. The molecule has 174 valence electrons. The third kappa shape index (κ3) is 12.0. The number of carbonyl (C=O) groups is 2. The molecule has 30 heavy (non-hydrogen) atoms. The number of carboxylic acid groups (broad SMARTS) is 2. The van der Waals surface area contributed by atoms with Crippen LogP contribution in [0.4, 0.5) is 0 Å².